The highest BCUT2D eigenvalue weighted by atomic mass is 32.1. The second-order valence-corrected chi connectivity index (χ2v) is 6.83. The summed E-state index contributed by atoms with van der Waals surface area (Å²) in [5, 5.41) is 0. The van der Waals surface area contributed by atoms with E-state index in [4.69, 9.17) is 25.4 Å². The fourth-order valence-corrected chi connectivity index (χ4v) is 3.74. The topological polar surface area (TPSA) is 71.3 Å². The van der Waals surface area contributed by atoms with Crippen molar-refractivity contribution >= 4 is 27.5 Å². The summed E-state index contributed by atoms with van der Waals surface area (Å²) < 4.78 is 24.0. The zero-order valence-corrected chi connectivity index (χ0v) is 17.1. The summed E-state index contributed by atoms with van der Waals surface area (Å²) in [4.78, 5) is 17.0. The molecule has 2 aromatic carbocycles. The molecule has 0 aliphatic heterocycles. The number of ether oxygens (including phenoxy) is 4. The molecule has 0 bridgehead atoms. The molecular formula is C21H20N2O5S. The summed E-state index contributed by atoms with van der Waals surface area (Å²) in [6, 6.07) is 10.6. The van der Waals surface area contributed by atoms with Gasteiger partial charge in [-0.25, -0.2) is 0 Å². The molecular weight excluding hydrogens is 392 g/mol. The molecule has 1 aromatic heterocycles. The van der Waals surface area contributed by atoms with E-state index in [0.717, 1.165) is 10.2 Å². The van der Waals surface area contributed by atoms with E-state index in [1.165, 1.54) is 11.3 Å². The average molecular weight is 412 g/mol. The van der Waals surface area contributed by atoms with Crippen molar-refractivity contribution in [2.45, 2.75) is 6.54 Å². The standard InChI is InChI=1S/C21H20N2O5S/c1-5-10-23-16-11-17(26-3)18(27-4)12-19(16)29-21(23)22-20(24)13-28-15-8-6-14(25-2)7-9-15/h1,6-9,11-12H,10,13H2,2-4H3. The number of aromatic nitrogens is 1. The zero-order valence-electron chi connectivity index (χ0n) is 16.3. The summed E-state index contributed by atoms with van der Waals surface area (Å²) in [6.45, 7) is 0.0736. The third kappa shape index (κ3) is 4.52. The summed E-state index contributed by atoms with van der Waals surface area (Å²) in [6.07, 6.45) is 5.51. The Balaban J connectivity index is 1.90. The molecule has 1 amide bonds. The third-order valence-electron chi connectivity index (χ3n) is 4.08. The Morgan fingerprint density at radius 1 is 1.07 bits per heavy atom. The fourth-order valence-electron chi connectivity index (χ4n) is 2.68. The summed E-state index contributed by atoms with van der Waals surface area (Å²) in [7, 11) is 4.71. The van der Waals surface area contributed by atoms with Crippen LogP contribution in [0.3, 0.4) is 0 Å². The number of benzene rings is 2. The van der Waals surface area contributed by atoms with Crippen LogP contribution in [0.5, 0.6) is 23.0 Å². The van der Waals surface area contributed by atoms with Crippen molar-refractivity contribution in [3.05, 3.63) is 41.2 Å². The van der Waals surface area contributed by atoms with Gasteiger partial charge in [0, 0.05) is 12.1 Å². The number of hydrogen-bond donors (Lipinski definition) is 0. The van der Waals surface area contributed by atoms with E-state index < -0.39 is 5.91 Å². The Labute approximate surface area is 172 Å². The number of amides is 1. The van der Waals surface area contributed by atoms with E-state index in [2.05, 4.69) is 10.9 Å². The Bertz CT molecular complexity index is 1120. The predicted molar refractivity (Wildman–Crippen MR) is 111 cm³/mol. The van der Waals surface area contributed by atoms with Crippen molar-refractivity contribution in [3.63, 3.8) is 0 Å². The quantitative estimate of drug-likeness (QED) is 0.558. The SMILES string of the molecule is C#CCn1c(=NC(=O)COc2ccc(OC)cc2)sc2cc(OC)c(OC)cc21. The minimum atomic E-state index is -0.419. The fraction of sp³-hybridized carbons (Fsp3) is 0.238. The zero-order chi connectivity index (χ0) is 20.8. The molecule has 8 heteroatoms. The van der Waals surface area contributed by atoms with E-state index >= 15 is 0 Å². The molecule has 7 nitrogen and oxygen atoms in total. The molecule has 29 heavy (non-hydrogen) atoms. The second-order valence-electron chi connectivity index (χ2n) is 5.82. The van der Waals surface area contributed by atoms with Crippen molar-refractivity contribution < 1.29 is 23.7 Å². The average Bonchev–Trinajstić information content (AvgIpc) is 3.07. The van der Waals surface area contributed by atoms with Crippen LogP contribution in [-0.4, -0.2) is 38.4 Å². The van der Waals surface area contributed by atoms with E-state index in [1.807, 2.05) is 12.1 Å². The first kappa shape index (κ1) is 20.3. The van der Waals surface area contributed by atoms with Crippen LogP contribution >= 0.6 is 11.3 Å². The van der Waals surface area contributed by atoms with Crippen LogP contribution in [-0.2, 0) is 11.3 Å². The number of carbonyl (C=O) groups is 1. The molecule has 0 atom stereocenters. The number of hydrogen-bond acceptors (Lipinski definition) is 6. The Kier molecular flexibility index (Phi) is 6.42. The van der Waals surface area contributed by atoms with Gasteiger partial charge in [-0.3, -0.25) is 4.79 Å². The molecule has 0 fully saturated rings. The maximum absolute atomic E-state index is 12.4. The normalized spacial score (nSPS) is 11.2. The van der Waals surface area contributed by atoms with Gasteiger partial charge in [-0.05, 0) is 24.3 Å². The molecule has 3 rings (SSSR count). The minimum Gasteiger partial charge on any atom is -0.497 e. The van der Waals surface area contributed by atoms with Crippen LogP contribution in [0.15, 0.2) is 41.4 Å². The lowest BCUT2D eigenvalue weighted by Crippen LogP contribution is -2.19. The predicted octanol–water partition coefficient (Wildman–Crippen LogP) is 2.87. The maximum atomic E-state index is 12.4. The summed E-state index contributed by atoms with van der Waals surface area (Å²) in [5.74, 6) is 4.60. The van der Waals surface area contributed by atoms with Crippen LogP contribution in [0, 0.1) is 12.3 Å². The Hall–Kier alpha value is -3.44. The van der Waals surface area contributed by atoms with Gasteiger partial charge in [0.25, 0.3) is 5.91 Å². The van der Waals surface area contributed by atoms with Gasteiger partial charge in [-0.1, -0.05) is 17.3 Å². The first-order valence-corrected chi connectivity index (χ1v) is 9.44. The molecule has 0 radical (unpaired) electrons. The van der Waals surface area contributed by atoms with Crippen LogP contribution in [0.25, 0.3) is 10.2 Å². The highest BCUT2D eigenvalue weighted by Crippen LogP contribution is 2.33. The van der Waals surface area contributed by atoms with Crippen molar-refractivity contribution in [2.24, 2.45) is 4.99 Å². The Morgan fingerprint density at radius 2 is 1.72 bits per heavy atom. The molecule has 0 spiro atoms. The van der Waals surface area contributed by atoms with E-state index in [9.17, 15) is 4.79 Å². The largest absolute Gasteiger partial charge is 0.497 e. The monoisotopic (exact) mass is 412 g/mol. The van der Waals surface area contributed by atoms with Gasteiger partial charge in [0.15, 0.2) is 22.9 Å². The van der Waals surface area contributed by atoms with Gasteiger partial charge in [0.05, 0.1) is 38.1 Å². The number of fused-ring (bicyclic) bond motifs is 1. The lowest BCUT2D eigenvalue weighted by molar-refractivity contribution is -0.120. The van der Waals surface area contributed by atoms with Crippen LogP contribution in [0.4, 0.5) is 0 Å². The minimum absolute atomic E-state index is 0.191. The first-order chi connectivity index (χ1) is 14.1. The van der Waals surface area contributed by atoms with E-state index in [1.54, 1.807) is 50.2 Å². The van der Waals surface area contributed by atoms with Crippen molar-refractivity contribution in [1.29, 1.82) is 0 Å². The molecule has 0 unspecified atom stereocenters. The molecule has 150 valence electrons. The van der Waals surface area contributed by atoms with Gasteiger partial charge >= 0.3 is 0 Å². The highest BCUT2D eigenvalue weighted by Gasteiger charge is 2.13. The van der Waals surface area contributed by atoms with Crippen LogP contribution < -0.4 is 23.7 Å². The van der Waals surface area contributed by atoms with Crippen LogP contribution in [0.1, 0.15) is 0 Å². The highest BCUT2D eigenvalue weighted by molar-refractivity contribution is 7.16. The summed E-state index contributed by atoms with van der Waals surface area (Å²) in [5.41, 5.74) is 0.813. The number of terminal acetylenes is 1. The number of carbonyl (C=O) groups excluding carboxylic acids is 1. The third-order valence-corrected chi connectivity index (χ3v) is 5.12. The molecule has 0 aliphatic rings. The van der Waals surface area contributed by atoms with Gasteiger partial charge in [0.2, 0.25) is 0 Å². The molecule has 0 aliphatic carbocycles. The summed E-state index contributed by atoms with van der Waals surface area (Å²) >= 11 is 1.34. The van der Waals surface area contributed by atoms with Crippen molar-refractivity contribution in [1.82, 2.24) is 4.57 Å². The van der Waals surface area contributed by atoms with Crippen molar-refractivity contribution in [2.75, 3.05) is 27.9 Å². The van der Waals surface area contributed by atoms with E-state index in [-0.39, 0.29) is 13.2 Å². The first-order valence-electron chi connectivity index (χ1n) is 8.62. The molecule has 0 saturated heterocycles. The maximum Gasteiger partial charge on any atom is 0.286 e. The van der Waals surface area contributed by atoms with Gasteiger partial charge in [-0.15, -0.1) is 6.42 Å². The lowest BCUT2D eigenvalue weighted by Gasteiger charge is -2.08. The van der Waals surface area contributed by atoms with E-state index in [0.29, 0.717) is 27.8 Å². The van der Waals surface area contributed by atoms with Gasteiger partial charge < -0.3 is 23.5 Å². The van der Waals surface area contributed by atoms with Gasteiger partial charge in [0.1, 0.15) is 11.5 Å². The molecule has 0 N–H and O–H groups in total. The van der Waals surface area contributed by atoms with Gasteiger partial charge in [-0.2, -0.15) is 4.99 Å². The smallest absolute Gasteiger partial charge is 0.286 e. The number of methoxy groups -OCH3 is 3. The molecule has 3 aromatic rings. The second kappa shape index (κ2) is 9.17. The van der Waals surface area contributed by atoms with Crippen LogP contribution in [0.2, 0.25) is 0 Å². The van der Waals surface area contributed by atoms with Crippen molar-refractivity contribution in [3.8, 4) is 35.3 Å². The lowest BCUT2D eigenvalue weighted by atomic mass is 10.3. The Morgan fingerprint density at radius 3 is 2.34 bits per heavy atom. The molecule has 1 heterocycles. The number of thiazole rings is 1. The number of rotatable bonds is 7. The number of nitrogens with zero attached hydrogens (tertiary/aromatic N) is 2. The molecule has 0 saturated carbocycles.